The minimum absolute atomic E-state index is 0.0160. The molecule has 1 N–H and O–H groups in total. The summed E-state index contributed by atoms with van der Waals surface area (Å²) in [4.78, 5) is 11.9. The molecule has 3 heteroatoms. The zero-order valence-electron chi connectivity index (χ0n) is 10.8. The maximum atomic E-state index is 11.9. The number of para-hydroxylation sites is 1. The molecule has 2 rings (SSSR count). The Bertz CT molecular complexity index is 626. The molecule has 1 heterocycles. The molecule has 1 aromatic heterocycles. The standard InChI is InChI=1S/C15H18N2O/c1-3-4-7-10-16-13-11-15(18)17(2)14-9-6-5-8-12(13)14/h3-6,8-9,11,16H,7,10H2,1-2H3/b4-3+. The van der Waals surface area contributed by atoms with Crippen molar-refractivity contribution in [1.29, 1.82) is 0 Å². The van der Waals surface area contributed by atoms with Crippen LogP contribution in [0.1, 0.15) is 13.3 Å². The number of hydrogen-bond acceptors (Lipinski definition) is 2. The van der Waals surface area contributed by atoms with Crippen LogP contribution in [0.3, 0.4) is 0 Å². The van der Waals surface area contributed by atoms with E-state index in [0.29, 0.717) is 0 Å². The van der Waals surface area contributed by atoms with Gasteiger partial charge in [-0.25, -0.2) is 0 Å². The Balaban J connectivity index is 2.38. The maximum Gasteiger partial charge on any atom is 0.252 e. The molecule has 0 aliphatic heterocycles. The normalized spacial score (nSPS) is 11.2. The fraction of sp³-hybridized carbons (Fsp3) is 0.267. The molecule has 3 nitrogen and oxygen atoms in total. The Morgan fingerprint density at radius 1 is 1.33 bits per heavy atom. The van der Waals surface area contributed by atoms with Gasteiger partial charge in [-0.05, 0) is 19.4 Å². The van der Waals surface area contributed by atoms with Crippen LogP contribution in [0.4, 0.5) is 5.69 Å². The summed E-state index contributed by atoms with van der Waals surface area (Å²) in [5.74, 6) is 0. The Labute approximate surface area is 107 Å². The lowest BCUT2D eigenvalue weighted by molar-refractivity contribution is 0.905. The first-order valence-electron chi connectivity index (χ1n) is 6.18. The van der Waals surface area contributed by atoms with Crippen LogP contribution in [0.2, 0.25) is 0 Å². The van der Waals surface area contributed by atoms with E-state index in [1.807, 2.05) is 37.3 Å². The summed E-state index contributed by atoms with van der Waals surface area (Å²) in [5.41, 5.74) is 1.89. The Kier molecular flexibility index (Phi) is 3.82. The fourth-order valence-corrected chi connectivity index (χ4v) is 2.01. The minimum atomic E-state index is 0.0160. The van der Waals surface area contributed by atoms with Crippen molar-refractivity contribution in [2.75, 3.05) is 11.9 Å². The van der Waals surface area contributed by atoms with E-state index in [9.17, 15) is 4.79 Å². The van der Waals surface area contributed by atoms with E-state index < -0.39 is 0 Å². The monoisotopic (exact) mass is 242 g/mol. The molecule has 0 saturated carbocycles. The highest BCUT2D eigenvalue weighted by Crippen LogP contribution is 2.20. The number of aromatic nitrogens is 1. The SMILES string of the molecule is C/C=C/CCNc1cc(=O)n(C)c2ccccc12. The molecule has 0 aliphatic carbocycles. The van der Waals surface area contributed by atoms with Crippen LogP contribution in [-0.4, -0.2) is 11.1 Å². The van der Waals surface area contributed by atoms with E-state index in [2.05, 4.69) is 11.4 Å². The van der Waals surface area contributed by atoms with E-state index in [4.69, 9.17) is 0 Å². The molecule has 0 spiro atoms. The first kappa shape index (κ1) is 12.4. The number of nitrogens with zero attached hydrogens (tertiary/aromatic N) is 1. The van der Waals surface area contributed by atoms with Gasteiger partial charge < -0.3 is 9.88 Å². The average Bonchev–Trinajstić information content (AvgIpc) is 2.40. The topological polar surface area (TPSA) is 34.0 Å². The van der Waals surface area contributed by atoms with Gasteiger partial charge in [-0.2, -0.15) is 0 Å². The van der Waals surface area contributed by atoms with Gasteiger partial charge in [0.05, 0.1) is 5.52 Å². The average molecular weight is 242 g/mol. The summed E-state index contributed by atoms with van der Waals surface area (Å²) in [6.45, 7) is 2.84. The molecule has 94 valence electrons. The van der Waals surface area contributed by atoms with E-state index in [-0.39, 0.29) is 5.56 Å². The van der Waals surface area contributed by atoms with Gasteiger partial charge in [0.2, 0.25) is 0 Å². The van der Waals surface area contributed by atoms with Crippen LogP contribution in [0.15, 0.2) is 47.3 Å². The predicted octanol–water partition coefficient (Wildman–Crippen LogP) is 2.92. The van der Waals surface area contributed by atoms with Crippen LogP contribution in [0, 0.1) is 0 Å². The fourth-order valence-electron chi connectivity index (χ4n) is 2.01. The number of hydrogen-bond donors (Lipinski definition) is 1. The second kappa shape index (κ2) is 5.54. The lowest BCUT2D eigenvalue weighted by Gasteiger charge is -2.11. The molecule has 0 unspecified atom stereocenters. The lowest BCUT2D eigenvalue weighted by Crippen LogP contribution is -2.17. The third-order valence-corrected chi connectivity index (χ3v) is 3.02. The molecule has 0 bridgehead atoms. The Morgan fingerprint density at radius 2 is 2.11 bits per heavy atom. The van der Waals surface area contributed by atoms with Crippen LogP contribution in [0.5, 0.6) is 0 Å². The highest BCUT2D eigenvalue weighted by Gasteiger charge is 2.04. The summed E-state index contributed by atoms with van der Waals surface area (Å²) < 4.78 is 1.67. The highest BCUT2D eigenvalue weighted by atomic mass is 16.1. The summed E-state index contributed by atoms with van der Waals surface area (Å²) in [7, 11) is 1.80. The van der Waals surface area contributed by atoms with Gasteiger partial charge in [-0.15, -0.1) is 0 Å². The van der Waals surface area contributed by atoms with E-state index >= 15 is 0 Å². The van der Waals surface area contributed by atoms with Crippen LogP contribution in [0.25, 0.3) is 10.9 Å². The number of allylic oxidation sites excluding steroid dienone is 1. The van der Waals surface area contributed by atoms with Crippen molar-refractivity contribution in [2.45, 2.75) is 13.3 Å². The van der Waals surface area contributed by atoms with Crippen molar-refractivity contribution in [1.82, 2.24) is 4.57 Å². The Hall–Kier alpha value is -2.03. The van der Waals surface area contributed by atoms with E-state index in [0.717, 1.165) is 29.6 Å². The first-order chi connectivity index (χ1) is 8.74. The van der Waals surface area contributed by atoms with Crippen LogP contribution in [-0.2, 0) is 7.05 Å². The second-order valence-electron chi connectivity index (χ2n) is 4.26. The first-order valence-corrected chi connectivity index (χ1v) is 6.18. The van der Waals surface area contributed by atoms with Crippen molar-refractivity contribution >= 4 is 16.6 Å². The highest BCUT2D eigenvalue weighted by molar-refractivity contribution is 5.91. The molecule has 0 amide bonds. The minimum Gasteiger partial charge on any atom is -0.384 e. The van der Waals surface area contributed by atoms with Gasteiger partial charge in [-0.1, -0.05) is 30.4 Å². The van der Waals surface area contributed by atoms with Crippen molar-refractivity contribution in [3.8, 4) is 0 Å². The van der Waals surface area contributed by atoms with Crippen molar-refractivity contribution in [2.24, 2.45) is 7.05 Å². The summed E-state index contributed by atoms with van der Waals surface area (Å²) in [5, 5.41) is 4.41. The predicted molar refractivity (Wildman–Crippen MR) is 77.1 cm³/mol. The van der Waals surface area contributed by atoms with Gasteiger partial charge in [0.1, 0.15) is 0 Å². The number of aryl methyl sites for hydroxylation is 1. The molecule has 0 aliphatic rings. The molecule has 18 heavy (non-hydrogen) atoms. The zero-order valence-corrected chi connectivity index (χ0v) is 10.8. The van der Waals surface area contributed by atoms with Crippen molar-refractivity contribution in [3.63, 3.8) is 0 Å². The second-order valence-corrected chi connectivity index (χ2v) is 4.26. The number of benzene rings is 1. The van der Waals surface area contributed by atoms with Gasteiger partial charge in [0, 0.05) is 30.7 Å². The molecule has 0 saturated heterocycles. The molecular weight excluding hydrogens is 224 g/mol. The van der Waals surface area contributed by atoms with E-state index in [1.165, 1.54) is 0 Å². The van der Waals surface area contributed by atoms with Gasteiger partial charge in [-0.3, -0.25) is 4.79 Å². The zero-order chi connectivity index (χ0) is 13.0. The number of nitrogens with one attached hydrogen (secondary N) is 1. The quantitative estimate of drug-likeness (QED) is 0.660. The molecule has 0 radical (unpaired) electrons. The number of pyridine rings is 1. The molecule has 0 fully saturated rings. The summed E-state index contributed by atoms with van der Waals surface area (Å²) >= 11 is 0. The third-order valence-electron chi connectivity index (χ3n) is 3.02. The molecule has 1 aromatic carbocycles. The van der Waals surface area contributed by atoms with Crippen molar-refractivity contribution in [3.05, 3.63) is 52.8 Å². The van der Waals surface area contributed by atoms with Crippen LogP contribution < -0.4 is 10.9 Å². The largest absolute Gasteiger partial charge is 0.384 e. The molecule has 0 atom stereocenters. The van der Waals surface area contributed by atoms with E-state index in [1.54, 1.807) is 17.7 Å². The third kappa shape index (κ3) is 2.45. The number of rotatable bonds is 4. The van der Waals surface area contributed by atoms with Crippen molar-refractivity contribution < 1.29 is 0 Å². The molecular formula is C15H18N2O. The summed E-state index contributed by atoms with van der Waals surface area (Å²) in [6.07, 6.45) is 5.10. The lowest BCUT2D eigenvalue weighted by atomic mass is 10.1. The van der Waals surface area contributed by atoms with Gasteiger partial charge in [0.25, 0.3) is 5.56 Å². The number of anilines is 1. The van der Waals surface area contributed by atoms with Gasteiger partial charge >= 0.3 is 0 Å². The molecule has 2 aromatic rings. The smallest absolute Gasteiger partial charge is 0.252 e. The maximum absolute atomic E-state index is 11.9. The number of fused-ring (bicyclic) bond motifs is 1. The van der Waals surface area contributed by atoms with Gasteiger partial charge in [0.15, 0.2) is 0 Å². The van der Waals surface area contributed by atoms with Crippen LogP contribution >= 0.6 is 0 Å². The summed E-state index contributed by atoms with van der Waals surface area (Å²) in [6, 6.07) is 9.61. The Morgan fingerprint density at radius 3 is 2.89 bits per heavy atom.